The van der Waals surface area contributed by atoms with Crippen molar-refractivity contribution in [1.29, 1.82) is 0 Å². The highest BCUT2D eigenvalue weighted by atomic mass is 79.9. The molecule has 3 aromatic rings. The summed E-state index contributed by atoms with van der Waals surface area (Å²) >= 11 is 3.38. The van der Waals surface area contributed by atoms with E-state index >= 15 is 4.39 Å². The summed E-state index contributed by atoms with van der Waals surface area (Å²) in [6, 6.07) is 3.27. The Hall–Kier alpha value is -1.99. The molecular weight excluding hydrogens is 401 g/mol. The van der Waals surface area contributed by atoms with E-state index in [4.69, 9.17) is 10.5 Å². The van der Waals surface area contributed by atoms with Crippen LogP contribution in [0.1, 0.15) is 26.0 Å². The first-order valence-corrected chi connectivity index (χ1v) is 9.26. The zero-order chi connectivity index (χ0) is 19.0. The van der Waals surface area contributed by atoms with Crippen molar-refractivity contribution >= 4 is 37.6 Å². The highest BCUT2D eigenvalue weighted by molar-refractivity contribution is 9.10. The molecule has 0 spiro atoms. The number of rotatable bonds is 5. The third-order valence-corrected chi connectivity index (χ3v) is 4.88. The highest BCUT2D eigenvalue weighted by Gasteiger charge is 2.19. The van der Waals surface area contributed by atoms with E-state index in [1.54, 1.807) is 25.3 Å². The van der Waals surface area contributed by atoms with Gasteiger partial charge in [0.25, 0.3) is 5.56 Å². The maximum atomic E-state index is 15.1. The average molecular weight is 422 g/mol. The van der Waals surface area contributed by atoms with Gasteiger partial charge in [-0.25, -0.2) is 4.39 Å². The van der Waals surface area contributed by atoms with Crippen LogP contribution in [0.25, 0.3) is 21.7 Å². The van der Waals surface area contributed by atoms with Gasteiger partial charge in [-0.3, -0.25) is 9.78 Å². The number of nitrogens with zero attached hydrogens (tertiary/aromatic N) is 1. The number of nitrogens with one attached hydrogen (secondary N) is 1. The lowest BCUT2D eigenvalue weighted by Crippen LogP contribution is -2.29. The van der Waals surface area contributed by atoms with Gasteiger partial charge in [0, 0.05) is 23.0 Å². The van der Waals surface area contributed by atoms with Crippen molar-refractivity contribution in [3.05, 3.63) is 44.7 Å². The second-order valence-corrected chi connectivity index (χ2v) is 7.75. The van der Waals surface area contributed by atoms with E-state index in [1.165, 1.54) is 0 Å². The van der Waals surface area contributed by atoms with E-state index in [0.29, 0.717) is 32.2 Å². The largest absolute Gasteiger partial charge is 0.488 e. The van der Waals surface area contributed by atoms with E-state index in [1.807, 2.05) is 0 Å². The van der Waals surface area contributed by atoms with E-state index < -0.39 is 5.82 Å². The van der Waals surface area contributed by atoms with Crippen molar-refractivity contribution in [3.8, 4) is 5.75 Å². The van der Waals surface area contributed by atoms with Gasteiger partial charge in [0.1, 0.15) is 6.61 Å². The quantitative estimate of drug-likeness (QED) is 0.609. The molecule has 7 heteroatoms. The smallest absolute Gasteiger partial charge is 0.258 e. The third-order valence-electron chi connectivity index (χ3n) is 4.29. The standard InChI is InChI=1S/C19H21BrFN3O2/c1-9(2)6-11(22)8-26-18-14(20)7-13-12-4-5-23-10(3)15(12)19(25)24-17(13)16(18)21/h4-5,7,9,11H,6,8,22H2,1-3H3,(H,24,25)/t11-/m0/s1. The van der Waals surface area contributed by atoms with Crippen molar-refractivity contribution in [2.75, 3.05) is 6.61 Å². The van der Waals surface area contributed by atoms with Gasteiger partial charge in [-0.15, -0.1) is 0 Å². The summed E-state index contributed by atoms with van der Waals surface area (Å²) in [5, 5.41) is 1.70. The molecule has 0 bridgehead atoms. The number of benzene rings is 1. The summed E-state index contributed by atoms with van der Waals surface area (Å²) in [6.45, 7) is 6.08. The number of fused-ring (bicyclic) bond motifs is 3. The van der Waals surface area contributed by atoms with Gasteiger partial charge >= 0.3 is 0 Å². The Bertz CT molecular complexity index is 1030. The summed E-state index contributed by atoms with van der Waals surface area (Å²) in [5.74, 6) is -0.130. The first kappa shape index (κ1) is 18.8. The van der Waals surface area contributed by atoms with Gasteiger partial charge in [-0.05, 0) is 47.3 Å². The Labute approximate surface area is 158 Å². The van der Waals surface area contributed by atoms with Crippen LogP contribution in [-0.4, -0.2) is 22.6 Å². The first-order valence-electron chi connectivity index (χ1n) is 8.47. The predicted molar refractivity (Wildman–Crippen MR) is 105 cm³/mol. The third kappa shape index (κ3) is 3.46. The van der Waals surface area contributed by atoms with Gasteiger partial charge in [0.05, 0.1) is 21.1 Å². The number of aryl methyl sites for hydroxylation is 1. The molecule has 1 atom stereocenters. The molecular formula is C19H21BrFN3O2. The number of aromatic nitrogens is 2. The van der Waals surface area contributed by atoms with Crippen LogP contribution in [0.4, 0.5) is 4.39 Å². The molecule has 0 aliphatic heterocycles. The van der Waals surface area contributed by atoms with Crippen molar-refractivity contribution in [1.82, 2.24) is 9.97 Å². The monoisotopic (exact) mass is 421 g/mol. The topological polar surface area (TPSA) is 81.0 Å². The van der Waals surface area contributed by atoms with Crippen LogP contribution in [0, 0.1) is 18.7 Å². The van der Waals surface area contributed by atoms with Crippen LogP contribution in [-0.2, 0) is 0 Å². The molecule has 5 nitrogen and oxygen atoms in total. The molecule has 0 saturated carbocycles. The minimum Gasteiger partial charge on any atom is -0.488 e. The molecule has 0 aliphatic rings. The lowest BCUT2D eigenvalue weighted by Gasteiger charge is -2.17. The van der Waals surface area contributed by atoms with Crippen molar-refractivity contribution < 1.29 is 9.13 Å². The number of aromatic amines is 1. The molecule has 0 amide bonds. The molecule has 0 saturated heterocycles. The Morgan fingerprint density at radius 1 is 1.38 bits per heavy atom. The number of pyridine rings is 2. The summed E-state index contributed by atoms with van der Waals surface area (Å²) in [6.07, 6.45) is 2.39. The molecule has 0 unspecified atom stereocenters. The second kappa shape index (κ2) is 7.32. The fraction of sp³-hybridized carbons (Fsp3) is 0.368. The van der Waals surface area contributed by atoms with E-state index in [0.717, 1.165) is 6.42 Å². The zero-order valence-corrected chi connectivity index (χ0v) is 16.5. The average Bonchev–Trinajstić information content (AvgIpc) is 2.55. The number of H-pyrrole nitrogens is 1. The lowest BCUT2D eigenvalue weighted by atomic mass is 10.1. The molecule has 0 fully saturated rings. The van der Waals surface area contributed by atoms with Crippen LogP contribution in [0.2, 0.25) is 0 Å². The maximum Gasteiger partial charge on any atom is 0.258 e. The number of halogens is 2. The van der Waals surface area contributed by atoms with Crippen molar-refractivity contribution in [2.45, 2.75) is 33.2 Å². The Morgan fingerprint density at radius 2 is 2.12 bits per heavy atom. The molecule has 1 aromatic carbocycles. The van der Waals surface area contributed by atoms with Gasteiger partial charge in [0.15, 0.2) is 11.6 Å². The number of ether oxygens (including phenoxy) is 1. The van der Waals surface area contributed by atoms with Crippen LogP contribution < -0.4 is 16.0 Å². The minimum absolute atomic E-state index is 0.0532. The minimum atomic E-state index is -0.611. The van der Waals surface area contributed by atoms with Crippen molar-refractivity contribution in [2.24, 2.45) is 11.7 Å². The Kier molecular flexibility index (Phi) is 5.29. The molecule has 138 valence electrons. The van der Waals surface area contributed by atoms with Crippen molar-refractivity contribution in [3.63, 3.8) is 0 Å². The van der Waals surface area contributed by atoms with E-state index in [2.05, 4.69) is 39.7 Å². The molecule has 2 heterocycles. The predicted octanol–water partition coefficient (Wildman–Crippen LogP) is 4.04. The summed E-state index contributed by atoms with van der Waals surface area (Å²) in [5.41, 5.74) is 6.36. The molecule has 3 rings (SSSR count). The fourth-order valence-electron chi connectivity index (χ4n) is 3.19. The molecule has 0 radical (unpaired) electrons. The lowest BCUT2D eigenvalue weighted by molar-refractivity contribution is 0.259. The van der Waals surface area contributed by atoms with Crippen LogP contribution in [0.5, 0.6) is 5.75 Å². The van der Waals surface area contributed by atoms with E-state index in [-0.39, 0.29) is 29.5 Å². The number of nitrogens with two attached hydrogens (primary N) is 1. The van der Waals surface area contributed by atoms with Gasteiger partial charge in [-0.2, -0.15) is 0 Å². The number of hydrogen-bond donors (Lipinski definition) is 2. The Morgan fingerprint density at radius 3 is 2.81 bits per heavy atom. The van der Waals surface area contributed by atoms with E-state index in [9.17, 15) is 4.79 Å². The molecule has 0 aliphatic carbocycles. The van der Waals surface area contributed by atoms with Crippen LogP contribution in [0.15, 0.2) is 27.6 Å². The SMILES string of the molecule is Cc1nccc2c1c(=O)[nH]c1c(F)c(OC[C@@H](N)CC(C)C)c(Br)cc12. The molecule has 26 heavy (non-hydrogen) atoms. The second-order valence-electron chi connectivity index (χ2n) is 6.90. The normalized spacial score (nSPS) is 12.9. The van der Waals surface area contributed by atoms with Crippen LogP contribution >= 0.6 is 15.9 Å². The fourth-order valence-corrected chi connectivity index (χ4v) is 3.70. The van der Waals surface area contributed by atoms with Gasteiger partial charge < -0.3 is 15.5 Å². The van der Waals surface area contributed by atoms with Gasteiger partial charge in [0.2, 0.25) is 0 Å². The summed E-state index contributed by atoms with van der Waals surface area (Å²) in [4.78, 5) is 19.2. The summed E-state index contributed by atoms with van der Waals surface area (Å²) in [7, 11) is 0. The highest BCUT2D eigenvalue weighted by Crippen LogP contribution is 2.36. The number of hydrogen-bond acceptors (Lipinski definition) is 4. The zero-order valence-electron chi connectivity index (χ0n) is 14.9. The summed E-state index contributed by atoms with van der Waals surface area (Å²) < 4.78 is 21.2. The molecule has 2 aromatic heterocycles. The maximum absolute atomic E-state index is 15.1. The molecule has 3 N–H and O–H groups in total. The first-order chi connectivity index (χ1) is 12.3. The van der Waals surface area contributed by atoms with Crippen LogP contribution in [0.3, 0.4) is 0 Å². The Balaban J connectivity index is 2.11. The van der Waals surface area contributed by atoms with Gasteiger partial charge in [-0.1, -0.05) is 13.8 Å².